The van der Waals surface area contributed by atoms with Crippen LogP contribution in [-0.2, 0) is 5.41 Å². The third-order valence-electron chi connectivity index (χ3n) is 8.77. The van der Waals surface area contributed by atoms with Crippen LogP contribution in [0.5, 0.6) is 0 Å². The molecule has 1 unspecified atom stereocenters. The van der Waals surface area contributed by atoms with Gasteiger partial charge in [0, 0.05) is 24.6 Å². The first-order chi connectivity index (χ1) is 19.2. The van der Waals surface area contributed by atoms with Gasteiger partial charge in [0.15, 0.2) is 0 Å². The van der Waals surface area contributed by atoms with Gasteiger partial charge in [-0.25, -0.2) is 0 Å². The van der Waals surface area contributed by atoms with Crippen molar-refractivity contribution in [3.63, 3.8) is 0 Å². The fourth-order valence-corrected chi connectivity index (χ4v) is 8.77. The summed E-state index contributed by atoms with van der Waals surface area (Å²) in [6.45, 7) is 0. The van der Waals surface area contributed by atoms with Crippen molar-refractivity contribution in [1.82, 2.24) is 0 Å². The molecule has 0 radical (unpaired) electrons. The van der Waals surface area contributed by atoms with Crippen LogP contribution in [0, 0.1) is 0 Å². The molecule has 9 rings (SSSR count). The average molecular weight is 578 g/mol. The second kappa shape index (κ2) is 7.79. The predicted molar refractivity (Wildman–Crippen MR) is 169 cm³/mol. The Balaban J connectivity index is 1.55. The first-order valence-electron chi connectivity index (χ1n) is 13.3. The van der Waals surface area contributed by atoms with Crippen molar-refractivity contribution in [1.29, 1.82) is 0 Å². The van der Waals surface area contributed by atoms with Gasteiger partial charge < -0.3 is 0 Å². The Morgan fingerprint density at radius 2 is 0.974 bits per heavy atom. The lowest BCUT2D eigenvalue weighted by atomic mass is 9.66. The molecule has 2 aliphatic rings. The van der Waals surface area contributed by atoms with Crippen LogP contribution in [0.15, 0.2) is 132 Å². The van der Waals surface area contributed by atoms with E-state index in [-0.39, 0.29) is 0 Å². The second-order valence-corrected chi connectivity index (χ2v) is 12.6. The highest BCUT2D eigenvalue weighted by atomic mass is 79.9. The molecule has 0 fully saturated rings. The van der Waals surface area contributed by atoms with Crippen LogP contribution in [0.4, 0.5) is 0 Å². The number of hydrogen-bond donors (Lipinski definition) is 0. The monoisotopic (exact) mass is 576 g/mol. The summed E-state index contributed by atoms with van der Waals surface area (Å²) in [7, 11) is 0. The maximum absolute atomic E-state index is 3.82. The lowest BCUT2D eigenvalue weighted by Gasteiger charge is -2.35. The van der Waals surface area contributed by atoms with E-state index in [4.69, 9.17) is 0 Å². The molecule has 1 aromatic heterocycles. The van der Waals surface area contributed by atoms with Crippen LogP contribution in [0.25, 0.3) is 53.6 Å². The smallest absolute Gasteiger partial charge is 0.0725 e. The lowest BCUT2D eigenvalue weighted by Crippen LogP contribution is -2.29. The second-order valence-electron chi connectivity index (χ2n) is 10.6. The van der Waals surface area contributed by atoms with Gasteiger partial charge in [-0.2, -0.15) is 0 Å². The Hall–Kier alpha value is -3.98. The van der Waals surface area contributed by atoms with Crippen molar-refractivity contribution in [2.45, 2.75) is 5.41 Å². The minimum Gasteiger partial charge on any atom is -0.135 e. The lowest BCUT2D eigenvalue weighted by molar-refractivity contribution is 0.776. The molecule has 182 valence electrons. The molecule has 0 nitrogen and oxygen atoms in total. The minimum absolute atomic E-state index is 0.436. The summed E-state index contributed by atoms with van der Waals surface area (Å²) >= 11 is 5.72. The number of rotatable bonds is 0. The van der Waals surface area contributed by atoms with Gasteiger partial charge in [0.2, 0.25) is 0 Å². The maximum Gasteiger partial charge on any atom is 0.0725 e. The van der Waals surface area contributed by atoms with Crippen LogP contribution in [0.1, 0.15) is 22.3 Å². The number of halogens is 1. The normalized spacial score (nSPS) is 16.4. The van der Waals surface area contributed by atoms with Gasteiger partial charge >= 0.3 is 0 Å². The summed E-state index contributed by atoms with van der Waals surface area (Å²) in [4.78, 5) is 0. The van der Waals surface area contributed by atoms with Gasteiger partial charge in [-0.05, 0) is 86.0 Å². The fourth-order valence-electron chi connectivity index (χ4n) is 7.28. The summed E-state index contributed by atoms with van der Waals surface area (Å²) in [6.07, 6.45) is 0. The summed E-state index contributed by atoms with van der Waals surface area (Å²) in [6, 6.07) is 47.8. The molecule has 0 N–H and O–H groups in total. The van der Waals surface area contributed by atoms with Crippen molar-refractivity contribution in [2.75, 3.05) is 0 Å². The molecule has 0 aliphatic heterocycles. The van der Waals surface area contributed by atoms with Crippen LogP contribution in [0.2, 0.25) is 0 Å². The molecule has 2 heteroatoms. The molecular weight excluding hydrogens is 556 g/mol. The van der Waals surface area contributed by atoms with Crippen molar-refractivity contribution < 1.29 is 0 Å². The average Bonchev–Trinajstić information content (AvgIpc) is 3.46. The molecule has 1 heterocycles. The highest BCUT2D eigenvalue weighted by Crippen LogP contribution is 2.62. The molecule has 1 atom stereocenters. The van der Waals surface area contributed by atoms with E-state index < -0.39 is 5.41 Å². The standard InChI is InChI=1S/C37H21BrS/c38-22-17-18-33-28(19-22)24-10-2-1-9-23(24)25-11-3-6-14-31(25)37(33)32-15-7-4-12-26(32)29-21-36-30(20-34(29)37)27-13-5-8-16-35(27)39-36/h1-21H. The van der Waals surface area contributed by atoms with E-state index in [2.05, 4.69) is 143 Å². The van der Waals surface area contributed by atoms with E-state index in [0.29, 0.717) is 0 Å². The van der Waals surface area contributed by atoms with Crippen molar-refractivity contribution in [3.8, 4) is 33.4 Å². The van der Waals surface area contributed by atoms with Gasteiger partial charge in [0.25, 0.3) is 0 Å². The van der Waals surface area contributed by atoms with Crippen molar-refractivity contribution in [2.24, 2.45) is 0 Å². The van der Waals surface area contributed by atoms with Crippen molar-refractivity contribution >= 4 is 47.4 Å². The minimum atomic E-state index is -0.436. The van der Waals surface area contributed by atoms with E-state index in [1.54, 1.807) is 0 Å². The zero-order chi connectivity index (χ0) is 25.7. The van der Waals surface area contributed by atoms with Gasteiger partial charge in [0.05, 0.1) is 5.41 Å². The zero-order valence-electron chi connectivity index (χ0n) is 20.9. The van der Waals surface area contributed by atoms with Gasteiger partial charge in [0.1, 0.15) is 0 Å². The molecule has 2 aliphatic carbocycles. The molecule has 7 aromatic rings. The summed E-state index contributed by atoms with van der Waals surface area (Å²) in [5.74, 6) is 0. The van der Waals surface area contributed by atoms with E-state index in [0.717, 1.165) is 4.47 Å². The van der Waals surface area contributed by atoms with Crippen LogP contribution in [-0.4, -0.2) is 0 Å². The van der Waals surface area contributed by atoms with E-state index >= 15 is 0 Å². The quantitative estimate of drug-likeness (QED) is 0.168. The Bertz CT molecular complexity index is 2150. The molecule has 0 amide bonds. The number of fused-ring (bicyclic) bond motifs is 15. The first-order valence-corrected chi connectivity index (χ1v) is 14.9. The molecule has 0 saturated heterocycles. The third kappa shape index (κ3) is 2.73. The number of benzene rings is 6. The number of hydrogen-bond acceptors (Lipinski definition) is 1. The third-order valence-corrected chi connectivity index (χ3v) is 10.4. The van der Waals surface area contributed by atoms with Gasteiger partial charge in [-0.3, -0.25) is 0 Å². The summed E-state index contributed by atoms with van der Waals surface area (Å²) < 4.78 is 3.79. The zero-order valence-corrected chi connectivity index (χ0v) is 23.3. The molecule has 39 heavy (non-hydrogen) atoms. The molecule has 6 aromatic carbocycles. The molecule has 1 spiro atoms. The van der Waals surface area contributed by atoms with Gasteiger partial charge in [-0.15, -0.1) is 11.3 Å². The molecular formula is C37H21BrS. The Labute approximate surface area is 239 Å². The van der Waals surface area contributed by atoms with Gasteiger partial charge in [-0.1, -0.05) is 113 Å². The maximum atomic E-state index is 3.82. The van der Waals surface area contributed by atoms with E-state index in [9.17, 15) is 0 Å². The van der Waals surface area contributed by atoms with Crippen LogP contribution in [0.3, 0.4) is 0 Å². The highest BCUT2D eigenvalue weighted by molar-refractivity contribution is 9.10. The number of thiophene rings is 1. The Kier molecular flexibility index (Phi) is 4.37. The first kappa shape index (κ1) is 21.9. The fraction of sp³-hybridized carbons (Fsp3) is 0.0270. The SMILES string of the molecule is Brc1ccc2c(c1)-c1ccccc1-c1ccccc1C21c2ccccc2-c2cc3sc4ccccc4c3cc21. The highest BCUT2D eigenvalue weighted by Gasteiger charge is 2.49. The van der Waals surface area contributed by atoms with Crippen LogP contribution < -0.4 is 0 Å². The summed E-state index contributed by atoms with van der Waals surface area (Å²) in [5.41, 5.74) is 12.8. The van der Waals surface area contributed by atoms with E-state index in [1.807, 2.05) is 11.3 Å². The predicted octanol–water partition coefficient (Wildman–Crippen LogP) is 10.8. The topological polar surface area (TPSA) is 0 Å². The largest absolute Gasteiger partial charge is 0.135 e. The molecule has 0 bridgehead atoms. The molecule has 0 saturated carbocycles. The van der Waals surface area contributed by atoms with Crippen LogP contribution >= 0.6 is 27.3 Å². The van der Waals surface area contributed by atoms with Crippen molar-refractivity contribution in [3.05, 3.63) is 154 Å². The Morgan fingerprint density at radius 1 is 0.410 bits per heavy atom. The van der Waals surface area contributed by atoms with E-state index in [1.165, 1.54) is 75.8 Å². The summed E-state index contributed by atoms with van der Waals surface area (Å²) in [5, 5.41) is 2.69. The Morgan fingerprint density at radius 3 is 1.74 bits per heavy atom.